The molecule has 19 heavy (non-hydrogen) atoms. The third kappa shape index (κ3) is 4.59. The SMILES string of the molecule is CCCCNS(=O)(=O)c1c(CNCCC)n[nH]c1C. The molecule has 0 bridgehead atoms. The van der Waals surface area contributed by atoms with Gasteiger partial charge in [0.25, 0.3) is 0 Å². The minimum Gasteiger partial charge on any atom is -0.311 e. The van der Waals surface area contributed by atoms with E-state index < -0.39 is 10.0 Å². The Morgan fingerprint density at radius 2 is 1.95 bits per heavy atom. The Hall–Kier alpha value is -0.920. The summed E-state index contributed by atoms with van der Waals surface area (Å²) >= 11 is 0. The van der Waals surface area contributed by atoms with Crippen LogP contribution in [-0.4, -0.2) is 31.7 Å². The average Bonchev–Trinajstić information content (AvgIpc) is 2.72. The first kappa shape index (κ1) is 16.1. The van der Waals surface area contributed by atoms with Gasteiger partial charge in [-0.05, 0) is 26.3 Å². The average molecular weight is 288 g/mol. The number of H-pyrrole nitrogens is 1. The van der Waals surface area contributed by atoms with Crippen LogP contribution >= 0.6 is 0 Å². The lowest BCUT2D eigenvalue weighted by atomic mass is 10.3. The summed E-state index contributed by atoms with van der Waals surface area (Å²) in [6.07, 6.45) is 2.79. The second kappa shape index (κ2) is 7.62. The van der Waals surface area contributed by atoms with E-state index in [0.29, 0.717) is 24.5 Å². The van der Waals surface area contributed by atoms with E-state index in [1.807, 2.05) is 6.92 Å². The Balaban J connectivity index is 2.82. The van der Waals surface area contributed by atoms with Crippen molar-refractivity contribution in [1.82, 2.24) is 20.2 Å². The number of rotatable bonds is 9. The van der Waals surface area contributed by atoms with Crippen LogP contribution in [0.15, 0.2) is 4.90 Å². The van der Waals surface area contributed by atoms with Crippen LogP contribution in [0.3, 0.4) is 0 Å². The molecule has 1 rings (SSSR count). The van der Waals surface area contributed by atoms with Crippen molar-refractivity contribution in [2.75, 3.05) is 13.1 Å². The van der Waals surface area contributed by atoms with Crippen molar-refractivity contribution < 1.29 is 8.42 Å². The van der Waals surface area contributed by atoms with Crippen molar-refractivity contribution in [3.8, 4) is 0 Å². The third-order valence-electron chi connectivity index (χ3n) is 2.77. The predicted octanol–water partition coefficient (Wildman–Crippen LogP) is 1.30. The van der Waals surface area contributed by atoms with Crippen LogP contribution in [0.2, 0.25) is 0 Å². The molecule has 0 saturated carbocycles. The van der Waals surface area contributed by atoms with Crippen molar-refractivity contribution >= 4 is 10.0 Å². The molecule has 7 heteroatoms. The molecule has 1 aromatic rings. The van der Waals surface area contributed by atoms with Gasteiger partial charge in [0.05, 0.1) is 11.4 Å². The Morgan fingerprint density at radius 1 is 1.21 bits per heavy atom. The minimum atomic E-state index is -3.47. The van der Waals surface area contributed by atoms with Crippen LogP contribution in [-0.2, 0) is 16.6 Å². The van der Waals surface area contributed by atoms with Crippen LogP contribution in [0.25, 0.3) is 0 Å². The van der Waals surface area contributed by atoms with Gasteiger partial charge in [-0.1, -0.05) is 20.3 Å². The zero-order chi connectivity index (χ0) is 14.3. The second-order valence-corrected chi connectivity index (χ2v) is 6.26. The van der Waals surface area contributed by atoms with Crippen molar-refractivity contribution in [2.24, 2.45) is 0 Å². The van der Waals surface area contributed by atoms with Crippen LogP contribution in [0.1, 0.15) is 44.5 Å². The molecule has 0 aliphatic rings. The van der Waals surface area contributed by atoms with Crippen LogP contribution in [0.4, 0.5) is 0 Å². The molecule has 1 heterocycles. The fraction of sp³-hybridized carbons (Fsp3) is 0.750. The van der Waals surface area contributed by atoms with Gasteiger partial charge < -0.3 is 5.32 Å². The molecule has 0 radical (unpaired) electrons. The topological polar surface area (TPSA) is 86.9 Å². The minimum absolute atomic E-state index is 0.284. The Labute approximate surface area is 115 Å². The van der Waals surface area contributed by atoms with Gasteiger partial charge in [0, 0.05) is 13.1 Å². The van der Waals surface area contributed by atoms with Gasteiger partial charge in [-0.25, -0.2) is 13.1 Å². The van der Waals surface area contributed by atoms with E-state index in [1.165, 1.54) is 0 Å². The van der Waals surface area contributed by atoms with E-state index in [0.717, 1.165) is 25.8 Å². The molecule has 110 valence electrons. The molecular formula is C12H24N4O2S. The highest BCUT2D eigenvalue weighted by Gasteiger charge is 2.23. The van der Waals surface area contributed by atoms with Gasteiger partial charge in [0.2, 0.25) is 10.0 Å². The second-order valence-electron chi connectivity index (χ2n) is 4.55. The number of aryl methyl sites for hydroxylation is 1. The van der Waals surface area contributed by atoms with E-state index >= 15 is 0 Å². The molecule has 0 amide bonds. The first-order valence-corrected chi connectivity index (χ1v) is 8.25. The van der Waals surface area contributed by atoms with E-state index in [1.54, 1.807) is 6.92 Å². The van der Waals surface area contributed by atoms with Crippen molar-refractivity contribution in [2.45, 2.75) is 51.5 Å². The summed E-state index contributed by atoms with van der Waals surface area (Å²) in [5.74, 6) is 0. The Bertz CT molecular complexity index is 482. The van der Waals surface area contributed by atoms with Crippen molar-refractivity contribution in [1.29, 1.82) is 0 Å². The Morgan fingerprint density at radius 3 is 2.58 bits per heavy atom. The summed E-state index contributed by atoms with van der Waals surface area (Å²) in [5, 5.41) is 10.00. The highest BCUT2D eigenvalue weighted by Crippen LogP contribution is 2.17. The molecule has 6 nitrogen and oxygen atoms in total. The van der Waals surface area contributed by atoms with Crippen molar-refractivity contribution in [3.63, 3.8) is 0 Å². The number of nitrogens with zero attached hydrogens (tertiary/aromatic N) is 1. The van der Waals surface area contributed by atoms with Crippen LogP contribution in [0, 0.1) is 6.92 Å². The van der Waals surface area contributed by atoms with Gasteiger partial charge in [0.15, 0.2) is 0 Å². The smallest absolute Gasteiger partial charge is 0.244 e. The fourth-order valence-corrected chi connectivity index (χ4v) is 3.22. The molecule has 0 fully saturated rings. The van der Waals surface area contributed by atoms with Gasteiger partial charge in [-0.3, -0.25) is 5.10 Å². The molecule has 0 atom stereocenters. The van der Waals surface area contributed by atoms with E-state index in [4.69, 9.17) is 0 Å². The molecule has 0 aliphatic carbocycles. The summed E-state index contributed by atoms with van der Waals surface area (Å²) in [7, 11) is -3.47. The molecule has 3 N–H and O–H groups in total. The largest absolute Gasteiger partial charge is 0.311 e. The zero-order valence-corrected chi connectivity index (χ0v) is 12.7. The fourth-order valence-electron chi connectivity index (χ4n) is 1.78. The number of sulfonamides is 1. The van der Waals surface area contributed by atoms with E-state index in [2.05, 4.69) is 27.2 Å². The molecule has 0 spiro atoms. The highest BCUT2D eigenvalue weighted by molar-refractivity contribution is 7.89. The van der Waals surface area contributed by atoms with E-state index in [-0.39, 0.29) is 4.90 Å². The lowest BCUT2D eigenvalue weighted by Gasteiger charge is -2.08. The Kier molecular flexibility index (Phi) is 6.47. The number of hydrogen-bond donors (Lipinski definition) is 3. The molecular weight excluding hydrogens is 264 g/mol. The molecule has 0 saturated heterocycles. The number of unbranched alkanes of at least 4 members (excludes halogenated alkanes) is 1. The molecule has 1 aromatic heterocycles. The summed E-state index contributed by atoms with van der Waals surface area (Å²) in [5.41, 5.74) is 1.13. The molecule has 0 aliphatic heterocycles. The maximum absolute atomic E-state index is 12.2. The zero-order valence-electron chi connectivity index (χ0n) is 11.9. The maximum atomic E-state index is 12.2. The van der Waals surface area contributed by atoms with Crippen molar-refractivity contribution in [3.05, 3.63) is 11.4 Å². The maximum Gasteiger partial charge on any atom is 0.244 e. The number of aromatic nitrogens is 2. The van der Waals surface area contributed by atoms with Gasteiger partial charge in [0.1, 0.15) is 4.90 Å². The van der Waals surface area contributed by atoms with Gasteiger partial charge >= 0.3 is 0 Å². The monoisotopic (exact) mass is 288 g/mol. The van der Waals surface area contributed by atoms with Gasteiger partial charge in [-0.15, -0.1) is 0 Å². The molecule has 0 unspecified atom stereocenters. The number of aromatic amines is 1. The lowest BCUT2D eigenvalue weighted by molar-refractivity contribution is 0.574. The summed E-state index contributed by atoms with van der Waals surface area (Å²) in [6, 6.07) is 0. The highest BCUT2D eigenvalue weighted by atomic mass is 32.2. The van der Waals surface area contributed by atoms with E-state index in [9.17, 15) is 8.42 Å². The predicted molar refractivity (Wildman–Crippen MR) is 75.4 cm³/mol. The first-order valence-electron chi connectivity index (χ1n) is 6.77. The first-order chi connectivity index (χ1) is 9.03. The summed E-state index contributed by atoms with van der Waals surface area (Å²) in [4.78, 5) is 0.284. The standard InChI is InChI=1S/C12H24N4O2S/c1-4-6-8-14-19(17,18)12-10(3)15-16-11(12)9-13-7-5-2/h13-14H,4-9H2,1-3H3,(H,15,16). The lowest BCUT2D eigenvalue weighted by Crippen LogP contribution is -2.27. The summed E-state index contributed by atoms with van der Waals surface area (Å²) < 4.78 is 27.1. The molecule has 0 aromatic carbocycles. The normalized spacial score (nSPS) is 11.9. The quantitative estimate of drug-likeness (QED) is 0.598. The van der Waals surface area contributed by atoms with Crippen LogP contribution < -0.4 is 10.0 Å². The van der Waals surface area contributed by atoms with Gasteiger partial charge in [-0.2, -0.15) is 5.10 Å². The summed E-state index contributed by atoms with van der Waals surface area (Å²) in [6.45, 7) is 7.58. The third-order valence-corrected chi connectivity index (χ3v) is 4.44. The number of nitrogens with one attached hydrogen (secondary N) is 3. The van der Waals surface area contributed by atoms with Crippen LogP contribution in [0.5, 0.6) is 0 Å². The number of hydrogen-bond acceptors (Lipinski definition) is 4.